The van der Waals surface area contributed by atoms with E-state index in [1.807, 2.05) is 12.1 Å². The molecule has 0 radical (unpaired) electrons. The lowest BCUT2D eigenvalue weighted by Crippen LogP contribution is -2.30. The van der Waals surface area contributed by atoms with Crippen molar-refractivity contribution in [2.45, 2.75) is 31.7 Å². The number of unbranched alkanes of at least 4 members (excludes halogenated alkanes) is 1. The molecule has 0 aliphatic heterocycles. The first-order valence-corrected chi connectivity index (χ1v) is 9.83. The summed E-state index contributed by atoms with van der Waals surface area (Å²) in [6, 6.07) is 18.1. The number of hydrogen-bond acceptors (Lipinski definition) is 4. The zero-order valence-electron chi connectivity index (χ0n) is 16.3. The maximum atomic E-state index is 11.7. The molecule has 0 unspecified atom stereocenters. The standard InChI is InChI=1S/C23H26N2O4/c24-21(22(26)27)7-3-4-11-25-23(28)29-12-10-16-8-9-19-14-17-5-1-2-6-18(17)15-20(19)13-16/h1-2,5-6,8-9,13-15,21H,3-4,7,10-12,24H2,(H,25,28)(H,26,27)/t21-/m0/s1. The number of carbonyl (C=O) groups excluding carboxylic acids is 1. The van der Waals surface area contributed by atoms with E-state index in [0.29, 0.717) is 38.8 Å². The predicted molar refractivity (Wildman–Crippen MR) is 114 cm³/mol. The Morgan fingerprint density at radius 2 is 1.66 bits per heavy atom. The Bertz CT molecular complexity index is 1000. The van der Waals surface area contributed by atoms with Gasteiger partial charge in [0.1, 0.15) is 6.04 Å². The highest BCUT2D eigenvalue weighted by molar-refractivity contribution is 5.98. The van der Waals surface area contributed by atoms with Gasteiger partial charge < -0.3 is 20.9 Å². The average Bonchev–Trinajstić information content (AvgIpc) is 2.71. The largest absolute Gasteiger partial charge is 0.480 e. The molecule has 1 atom stereocenters. The summed E-state index contributed by atoms with van der Waals surface area (Å²) in [5.74, 6) is -1.00. The lowest BCUT2D eigenvalue weighted by molar-refractivity contribution is -0.138. The molecule has 152 valence electrons. The summed E-state index contributed by atoms with van der Waals surface area (Å²) >= 11 is 0. The average molecular weight is 394 g/mol. The summed E-state index contributed by atoms with van der Waals surface area (Å²) in [5, 5.41) is 16.2. The first-order chi connectivity index (χ1) is 14.0. The lowest BCUT2D eigenvalue weighted by Gasteiger charge is -2.09. The Labute approximate surface area is 169 Å². The fraction of sp³-hybridized carbons (Fsp3) is 0.304. The fourth-order valence-corrected chi connectivity index (χ4v) is 3.26. The van der Waals surface area contributed by atoms with Crippen molar-refractivity contribution in [2.24, 2.45) is 5.73 Å². The summed E-state index contributed by atoms with van der Waals surface area (Å²) in [6.07, 6.45) is 1.88. The van der Waals surface area contributed by atoms with E-state index in [0.717, 1.165) is 5.56 Å². The number of amides is 1. The van der Waals surface area contributed by atoms with Gasteiger partial charge in [-0.2, -0.15) is 0 Å². The third kappa shape index (κ3) is 5.93. The molecule has 0 aromatic heterocycles. The van der Waals surface area contributed by atoms with E-state index in [2.05, 4.69) is 47.8 Å². The van der Waals surface area contributed by atoms with Gasteiger partial charge in [-0.1, -0.05) is 42.5 Å². The van der Waals surface area contributed by atoms with Gasteiger partial charge in [0.05, 0.1) is 6.61 Å². The number of alkyl carbamates (subject to hydrolysis) is 1. The Hall–Kier alpha value is -3.12. The molecule has 3 rings (SSSR count). The van der Waals surface area contributed by atoms with Gasteiger partial charge in [0, 0.05) is 13.0 Å². The first kappa shape index (κ1) is 20.6. The highest BCUT2D eigenvalue weighted by atomic mass is 16.5. The Balaban J connectivity index is 1.41. The molecule has 3 aromatic carbocycles. The van der Waals surface area contributed by atoms with Crippen molar-refractivity contribution < 1.29 is 19.4 Å². The highest BCUT2D eigenvalue weighted by Crippen LogP contribution is 2.23. The smallest absolute Gasteiger partial charge is 0.407 e. The maximum Gasteiger partial charge on any atom is 0.407 e. The zero-order chi connectivity index (χ0) is 20.6. The molecule has 6 nitrogen and oxygen atoms in total. The van der Waals surface area contributed by atoms with E-state index in [4.69, 9.17) is 15.6 Å². The van der Waals surface area contributed by atoms with Crippen LogP contribution in [0.4, 0.5) is 4.79 Å². The van der Waals surface area contributed by atoms with E-state index in [1.165, 1.54) is 21.5 Å². The van der Waals surface area contributed by atoms with E-state index in [1.54, 1.807) is 0 Å². The first-order valence-electron chi connectivity index (χ1n) is 9.83. The summed E-state index contributed by atoms with van der Waals surface area (Å²) in [5.41, 5.74) is 6.54. The van der Waals surface area contributed by atoms with Crippen molar-refractivity contribution in [1.29, 1.82) is 0 Å². The fourth-order valence-electron chi connectivity index (χ4n) is 3.26. The van der Waals surface area contributed by atoms with Gasteiger partial charge in [0.2, 0.25) is 0 Å². The Morgan fingerprint density at radius 3 is 2.38 bits per heavy atom. The number of rotatable bonds is 9. The van der Waals surface area contributed by atoms with Crippen LogP contribution in [0.1, 0.15) is 24.8 Å². The Morgan fingerprint density at radius 1 is 0.966 bits per heavy atom. The van der Waals surface area contributed by atoms with Gasteiger partial charge in [-0.05, 0) is 58.5 Å². The number of nitrogens with one attached hydrogen (secondary N) is 1. The third-order valence-electron chi connectivity index (χ3n) is 4.92. The number of carboxylic acid groups (broad SMARTS) is 1. The molecule has 0 fully saturated rings. The molecule has 0 aliphatic rings. The molecule has 0 bridgehead atoms. The van der Waals surface area contributed by atoms with Gasteiger partial charge in [0.25, 0.3) is 0 Å². The van der Waals surface area contributed by atoms with Crippen LogP contribution in [0.3, 0.4) is 0 Å². The second-order valence-electron chi connectivity index (χ2n) is 7.13. The van der Waals surface area contributed by atoms with E-state index < -0.39 is 18.1 Å². The number of fused-ring (bicyclic) bond motifs is 2. The van der Waals surface area contributed by atoms with Crippen LogP contribution in [-0.2, 0) is 16.0 Å². The minimum Gasteiger partial charge on any atom is -0.480 e. The third-order valence-corrected chi connectivity index (χ3v) is 4.92. The predicted octanol–water partition coefficient (Wildman–Crippen LogP) is 3.84. The minimum atomic E-state index is -1.00. The van der Waals surface area contributed by atoms with Crippen molar-refractivity contribution in [2.75, 3.05) is 13.2 Å². The van der Waals surface area contributed by atoms with Crippen LogP contribution < -0.4 is 11.1 Å². The molecular weight excluding hydrogens is 368 g/mol. The quantitative estimate of drug-likeness (QED) is 0.378. The molecule has 0 saturated carbocycles. The molecule has 0 spiro atoms. The minimum absolute atomic E-state index is 0.300. The Kier molecular flexibility index (Phi) is 7.03. The molecule has 29 heavy (non-hydrogen) atoms. The van der Waals surface area contributed by atoms with Crippen LogP contribution >= 0.6 is 0 Å². The molecule has 3 aromatic rings. The summed E-state index contributed by atoms with van der Waals surface area (Å²) in [6.45, 7) is 0.739. The number of aliphatic carboxylic acids is 1. The van der Waals surface area contributed by atoms with Crippen LogP contribution in [0.25, 0.3) is 21.5 Å². The molecule has 1 amide bonds. The van der Waals surface area contributed by atoms with E-state index in [9.17, 15) is 9.59 Å². The van der Waals surface area contributed by atoms with E-state index in [-0.39, 0.29) is 0 Å². The lowest BCUT2D eigenvalue weighted by atomic mass is 10.0. The van der Waals surface area contributed by atoms with Crippen molar-refractivity contribution in [1.82, 2.24) is 5.32 Å². The molecular formula is C23H26N2O4. The van der Waals surface area contributed by atoms with Crippen LogP contribution in [-0.4, -0.2) is 36.4 Å². The topological polar surface area (TPSA) is 102 Å². The van der Waals surface area contributed by atoms with Crippen LogP contribution in [0.2, 0.25) is 0 Å². The number of nitrogens with two attached hydrogens (primary N) is 1. The van der Waals surface area contributed by atoms with Crippen molar-refractivity contribution in [3.8, 4) is 0 Å². The van der Waals surface area contributed by atoms with Crippen molar-refractivity contribution in [3.63, 3.8) is 0 Å². The van der Waals surface area contributed by atoms with Gasteiger partial charge in [-0.25, -0.2) is 4.79 Å². The zero-order valence-corrected chi connectivity index (χ0v) is 16.3. The molecule has 0 aliphatic carbocycles. The summed E-state index contributed by atoms with van der Waals surface area (Å²) in [7, 11) is 0. The number of carboxylic acids is 1. The van der Waals surface area contributed by atoms with Crippen LogP contribution in [0, 0.1) is 0 Å². The van der Waals surface area contributed by atoms with Gasteiger partial charge in [-0.15, -0.1) is 0 Å². The SMILES string of the molecule is N[C@@H](CCCCNC(=O)OCCc1ccc2cc3ccccc3cc2c1)C(=O)O. The number of hydrogen-bond donors (Lipinski definition) is 3. The van der Waals surface area contributed by atoms with Crippen LogP contribution in [0.5, 0.6) is 0 Å². The van der Waals surface area contributed by atoms with Crippen molar-refractivity contribution in [3.05, 3.63) is 60.2 Å². The second-order valence-corrected chi connectivity index (χ2v) is 7.13. The van der Waals surface area contributed by atoms with Gasteiger partial charge in [0.15, 0.2) is 0 Å². The number of benzene rings is 3. The van der Waals surface area contributed by atoms with Crippen LogP contribution in [0.15, 0.2) is 54.6 Å². The van der Waals surface area contributed by atoms with Gasteiger partial charge >= 0.3 is 12.1 Å². The summed E-state index contributed by atoms with van der Waals surface area (Å²) in [4.78, 5) is 22.4. The van der Waals surface area contributed by atoms with Gasteiger partial charge in [-0.3, -0.25) is 4.79 Å². The molecule has 0 saturated heterocycles. The number of carbonyl (C=O) groups is 2. The second kappa shape index (κ2) is 9.89. The monoisotopic (exact) mass is 394 g/mol. The summed E-state index contributed by atoms with van der Waals surface area (Å²) < 4.78 is 5.23. The molecule has 0 heterocycles. The normalized spacial score (nSPS) is 12.0. The van der Waals surface area contributed by atoms with Crippen molar-refractivity contribution >= 4 is 33.6 Å². The molecule has 6 heteroatoms. The maximum absolute atomic E-state index is 11.7. The number of ether oxygens (including phenoxy) is 1. The van der Waals surface area contributed by atoms with E-state index >= 15 is 0 Å². The highest BCUT2D eigenvalue weighted by Gasteiger charge is 2.10. The molecule has 4 N–H and O–H groups in total.